The highest BCUT2D eigenvalue weighted by atomic mass is 16.1. The van der Waals surface area contributed by atoms with Crippen LogP contribution in [0.3, 0.4) is 0 Å². The van der Waals surface area contributed by atoms with Gasteiger partial charge in [-0.15, -0.1) is 0 Å². The molecular formula is C23H22N4O. The predicted octanol–water partition coefficient (Wildman–Crippen LogP) is 4.13. The van der Waals surface area contributed by atoms with E-state index < -0.39 is 0 Å². The predicted molar refractivity (Wildman–Crippen MR) is 111 cm³/mol. The Labute approximate surface area is 164 Å². The molecule has 5 nitrogen and oxygen atoms in total. The van der Waals surface area contributed by atoms with Crippen LogP contribution in [0.5, 0.6) is 0 Å². The minimum Gasteiger partial charge on any atom is -0.349 e. The molecule has 0 fully saturated rings. The van der Waals surface area contributed by atoms with Crippen molar-refractivity contribution in [2.45, 2.75) is 19.9 Å². The van der Waals surface area contributed by atoms with Gasteiger partial charge in [0.2, 0.25) is 0 Å². The Morgan fingerprint density at radius 2 is 1.93 bits per heavy atom. The lowest BCUT2D eigenvalue weighted by molar-refractivity contribution is 0.0952. The Bertz CT molecular complexity index is 1110. The maximum absolute atomic E-state index is 12.9. The molecule has 3 aromatic heterocycles. The molecule has 0 spiro atoms. The van der Waals surface area contributed by atoms with Crippen molar-refractivity contribution in [1.29, 1.82) is 0 Å². The highest BCUT2D eigenvalue weighted by Gasteiger charge is 2.16. The molecule has 0 saturated carbocycles. The fourth-order valence-electron chi connectivity index (χ4n) is 3.46. The molecule has 1 amide bonds. The Balaban J connectivity index is 1.63. The molecule has 0 bridgehead atoms. The molecule has 4 rings (SSSR count). The van der Waals surface area contributed by atoms with Gasteiger partial charge in [-0.25, -0.2) is 0 Å². The quantitative estimate of drug-likeness (QED) is 0.575. The van der Waals surface area contributed by atoms with E-state index in [0.29, 0.717) is 12.1 Å². The topological polar surface area (TPSA) is 59.8 Å². The number of fused-ring (bicyclic) bond motifs is 1. The van der Waals surface area contributed by atoms with Crippen molar-refractivity contribution in [1.82, 2.24) is 19.9 Å². The Morgan fingerprint density at radius 3 is 2.64 bits per heavy atom. The van der Waals surface area contributed by atoms with Gasteiger partial charge in [-0.3, -0.25) is 14.8 Å². The second kappa shape index (κ2) is 7.64. The summed E-state index contributed by atoms with van der Waals surface area (Å²) in [5.41, 5.74) is 5.80. The lowest BCUT2D eigenvalue weighted by Gasteiger charge is -2.08. The molecule has 1 aromatic carbocycles. The summed E-state index contributed by atoms with van der Waals surface area (Å²) in [6, 6.07) is 13.8. The second-order valence-electron chi connectivity index (χ2n) is 6.79. The number of nitrogens with zero attached hydrogens (tertiary/aromatic N) is 3. The maximum atomic E-state index is 12.9. The van der Waals surface area contributed by atoms with E-state index in [1.165, 1.54) is 0 Å². The van der Waals surface area contributed by atoms with Gasteiger partial charge in [-0.2, -0.15) is 0 Å². The molecule has 3 heterocycles. The van der Waals surface area contributed by atoms with E-state index in [0.717, 1.165) is 39.7 Å². The van der Waals surface area contributed by atoms with Crippen molar-refractivity contribution in [3.8, 4) is 11.1 Å². The number of benzene rings is 1. The average Bonchev–Trinajstić information content (AvgIpc) is 3.10. The van der Waals surface area contributed by atoms with Crippen LogP contribution in [-0.4, -0.2) is 20.4 Å². The number of para-hydroxylation sites is 1. The first-order valence-corrected chi connectivity index (χ1v) is 9.38. The molecule has 0 unspecified atom stereocenters. The number of aromatic nitrogens is 3. The zero-order chi connectivity index (χ0) is 19.5. The van der Waals surface area contributed by atoms with E-state index in [-0.39, 0.29) is 5.91 Å². The summed E-state index contributed by atoms with van der Waals surface area (Å²) in [5, 5.41) is 4.07. The number of aryl methyl sites for hydroxylation is 2. The van der Waals surface area contributed by atoms with Gasteiger partial charge in [0.05, 0.1) is 11.1 Å². The van der Waals surface area contributed by atoms with Crippen molar-refractivity contribution < 1.29 is 4.79 Å². The summed E-state index contributed by atoms with van der Waals surface area (Å²) in [6.45, 7) is 2.53. The summed E-state index contributed by atoms with van der Waals surface area (Å²) < 4.78 is 2.01. The lowest BCUT2D eigenvalue weighted by atomic mass is 10.0. The summed E-state index contributed by atoms with van der Waals surface area (Å²) >= 11 is 0. The Kier molecular flexibility index (Phi) is 4.89. The molecule has 0 atom stereocenters. The van der Waals surface area contributed by atoms with Crippen LogP contribution in [0.15, 0.2) is 67.3 Å². The third-order valence-corrected chi connectivity index (χ3v) is 4.94. The molecule has 1 N–H and O–H groups in total. The van der Waals surface area contributed by atoms with E-state index in [9.17, 15) is 4.79 Å². The van der Waals surface area contributed by atoms with Gasteiger partial charge in [0.25, 0.3) is 5.91 Å². The van der Waals surface area contributed by atoms with Crippen LogP contribution in [0.25, 0.3) is 22.0 Å². The first-order valence-electron chi connectivity index (χ1n) is 9.38. The first-order chi connectivity index (χ1) is 13.7. The molecule has 5 heteroatoms. The Morgan fingerprint density at radius 1 is 1.11 bits per heavy atom. The van der Waals surface area contributed by atoms with E-state index in [4.69, 9.17) is 0 Å². The van der Waals surface area contributed by atoms with E-state index >= 15 is 0 Å². The SMILES string of the molecule is CCc1ccc(CNC(=O)c2cccc3c(-c4ccncc4)cn(C)c23)cn1. The molecule has 0 aliphatic rings. The molecule has 0 saturated heterocycles. The fraction of sp³-hybridized carbons (Fsp3) is 0.174. The summed E-state index contributed by atoms with van der Waals surface area (Å²) in [5.74, 6) is -0.0901. The highest BCUT2D eigenvalue weighted by Crippen LogP contribution is 2.31. The van der Waals surface area contributed by atoms with Gasteiger partial charge in [-0.1, -0.05) is 25.1 Å². The number of rotatable bonds is 5. The molecule has 4 aromatic rings. The van der Waals surface area contributed by atoms with Gasteiger partial charge in [0.1, 0.15) is 0 Å². The summed E-state index contributed by atoms with van der Waals surface area (Å²) in [4.78, 5) is 21.4. The summed E-state index contributed by atoms with van der Waals surface area (Å²) in [7, 11) is 1.97. The van der Waals surface area contributed by atoms with Crippen LogP contribution in [-0.2, 0) is 20.0 Å². The number of carbonyl (C=O) groups excluding carboxylic acids is 1. The summed E-state index contributed by atoms with van der Waals surface area (Å²) in [6.07, 6.45) is 8.35. The van der Waals surface area contributed by atoms with Crippen molar-refractivity contribution in [2.75, 3.05) is 0 Å². The standard InChI is InChI=1S/C23H22N4O/c1-3-18-8-7-16(13-25-18)14-26-23(28)20-6-4-5-19-21(15-27(2)22(19)20)17-9-11-24-12-10-17/h4-13,15H,3,14H2,1-2H3,(H,26,28). The molecule has 140 valence electrons. The Hall–Kier alpha value is -3.47. The van der Waals surface area contributed by atoms with Crippen LogP contribution >= 0.6 is 0 Å². The number of carbonyl (C=O) groups is 1. The third-order valence-electron chi connectivity index (χ3n) is 4.94. The van der Waals surface area contributed by atoms with Crippen LogP contribution in [0.4, 0.5) is 0 Å². The fourth-order valence-corrected chi connectivity index (χ4v) is 3.46. The number of amides is 1. The van der Waals surface area contributed by atoms with Gasteiger partial charge >= 0.3 is 0 Å². The van der Waals surface area contributed by atoms with E-state index in [1.807, 2.05) is 54.2 Å². The molecule has 0 aliphatic heterocycles. The minimum atomic E-state index is -0.0901. The van der Waals surface area contributed by atoms with Gasteiger partial charge in [-0.05, 0) is 41.8 Å². The zero-order valence-electron chi connectivity index (χ0n) is 16.0. The van der Waals surface area contributed by atoms with Crippen LogP contribution in [0, 0.1) is 0 Å². The normalized spacial score (nSPS) is 10.9. The second-order valence-corrected chi connectivity index (χ2v) is 6.79. The van der Waals surface area contributed by atoms with E-state index in [1.54, 1.807) is 12.4 Å². The molecule has 0 aliphatic carbocycles. The number of nitrogens with one attached hydrogen (secondary N) is 1. The largest absolute Gasteiger partial charge is 0.349 e. The third kappa shape index (κ3) is 3.39. The maximum Gasteiger partial charge on any atom is 0.253 e. The number of hydrogen-bond acceptors (Lipinski definition) is 3. The molecule has 0 radical (unpaired) electrons. The van der Waals surface area contributed by atoms with Crippen LogP contribution < -0.4 is 5.32 Å². The van der Waals surface area contributed by atoms with Gasteiger partial charge < -0.3 is 9.88 Å². The lowest BCUT2D eigenvalue weighted by Crippen LogP contribution is -2.23. The highest BCUT2D eigenvalue weighted by molar-refractivity contribution is 6.09. The van der Waals surface area contributed by atoms with Crippen molar-refractivity contribution in [2.24, 2.45) is 7.05 Å². The van der Waals surface area contributed by atoms with Gasteiger partial charge in [0, 0.05) is 55.0 Å². The van der Waals surface area contributed by atoms with E-state index in [2.05, 4.69) is 34.5 Å². The number of pyridine rings is 2. The van der Waals surface area contributed by atoms with Crippen molar-refractivity contribution in [3.05, 3.63) is 84.1 Å². The van der Waals surface area contributed by atoms with Crippen LogP contribution in [0.2, 0.25) is 0 Å². The monoisotopic (exact) mass is 370 g/mol. The first kappa shape index (κ1) is 17.9. The smallest absolute Gasteiger partial charge is 0.253 e. The minimum absolute atomic E-state index is 0.0901. The zero-order valence-corrected chi connectivity index (χ0v) is 16.0. The molecule has 28 heavy (non-hydrogen) atoms. The van der Waals surface area contributed by atoms with Crippen LogP contribution in [0.1, 0.15) is 28.5 Å². The van der Waals surface area contributed by atoms with Crippen molar-refractivity contribution >= 4 is 16.8 Å². The van der Waals surface area contributed by atoms with Crippen molar-refractivity contribution in [3.63, 3.8) is 0 Å². The molecular weight excluding hydrogens is 348 g/mol. The average molecular weight is 370 g/mol. The van der Waals surface area contributed by atoms with Gasteiger partial charge in [0.15, 0.2) is 0 Å². The number of hydrogen-bond donors (Lipinski definition) is 1.